The van der Waals surface area contributed by atoms with Crippen LogP contribution in [0.4, 0.5) is 5.69 Å². The van der Waals surface area contributed by atoms with E-state index in [2.05, 4.69) is 10.6 Å². The Kier molecular flexibility index (Phi) is 4.68. The Hall–Kier alpha value is -2.23. The molecule has 0 saturated heterocycles. The van der Waals surface area contributed by atoms with Gasteiger partial charge < -0.3 is 15.1 Å². The minimum Gasteiger partial charge on any atom is -0.464 e. The second-order valence-corrected chi connectivity index (χ2v) is 5.22. The lowest BCUT2D eigenvalue weighted by Gasteiger charge is -2.15. The fourth-order valence-corrected chi connectivity index (χ4v) is 2.22. The first-order valence-electron chi connectivity index (χ1n) is 7.23. The Morgan fingerprint density at radius 2 is 2.00 bits per heavy atom. The smallest absolute Gasteiger partial charge is 0.253 e. The van der Waals surface area contributed by atoms with E-state index in [0.29, 0.717) is 5.56 Å². The Morgan fingerprint density at radius 1 is 1.24 bits per heavy atom. The van der Waals surface area contributed by atoms with Crippen molar-refractivity contribution in [3.63, 3.8) is 0 Å². The molecule has 2 aromatic rings. The van der Waals surface area contributed by atoms with Crippen LogP contribution < -0.4 is 10.6 Å². The van der Waals surface area contributed by atoms with Crippen LogP contribution in [0.15, 0.2) is 34.7 Å². The van der Waals surface area contributed by atoms with E-state index in [-0.39, 0.29) is 11.9 Å². The Labute approximate surface area is 125 Å². The van der Waals surface area contributed by atoms with Gasteiger partial charge in [-0.1, -0.05) is 6.07 Å². The number of carbonyl (C=O) groups excluding carboxylic acids is 1. The van der Waals surface area contributed by atoms with Crippen LogP contribution >= 0.6 is 0 Å². The molecule has 0 saturated carbocycles. The van der Waals surface area contributed by atoms with Crippen molar-refractivity contribution in [2.75, 3.05) is 11.9 Å². The van der Waals surface area contributed by atoms with Crippen molar-refractivity contribution >= 4 is 11.6 Å². The van der Waals surface area contributed by atoms with Gasteiger partial charge in [0.15, 0.2) is 0 Å². The molecule has 0 fully saturated rings. The molecule has 21 heavy (non-hydrogen) atoms. The van der Waals surface area contributed by atoms with Crippen molar-refractivity contribution in [2.24, 2.45) is 0 Å². The zero-order chi connectivity index (χ0) is 15.4. The molecule has 4 heteroatoms. The van der Waals surface area contributed by atoms with E-state index < -0.39 is 0 Å². The lowest BCUT2D eigenvalue weighted by Crippen LogP contribution is -2.27. The Morgan fingerprint density at radius 3 is 2.62 bits per heavy atom. The van der Waals surface area contributed by atoms with Crippen LogP contribution in [-0.2, 0) is 0 Å². The number of hydrogen-bond donors (Lipinski definition) is 2. The largest absolute Gasteiger partial charge is 0.464 e. The van der Waals surface area contributed by atoms with Crippen LogP contribution in [0.3, 0.4) is 0 Å². The zero-order valence-electron chi connectivity index (χ0n) is 13.0. The summed E-state index contributed by atoms with van der Waals surface area (Å²) in [4.78, 5) is 12.4. The predicted octanol–water partition coefficient (Wildman–Crippen LogP) is 3.82. The maximum Gasteiger partial charge on any atom is 0.253 e. The fourth-order valence-electron chi connectivity index (χ4n) is 2.22. The molecular weight excluding hydrogens is 264 g/mol. The molecule has 0 aliphatic carbocycles. The van der Waals surface area contributed by atoms with Crippen LogP contribution in [0.25, 0.3) is 0 Å². The average molecular weight is 286 g/mol. The molecular formula is C17H22N2O2. The van der Waals surface area contributed by atoms with E-state index in [1.807, 2.05) is 58.0 Å². The van der Waals surface area contributed by atoms with Gasteiger partial charge >= 0.3 is 0 Å². The third-order valence-corrected chi connectivity index (χ3v) is 3.32. The molecule has 2 N–H and O–H groups in total. The lowest BCUT2D eigenvalue weighted by atomic mass is 10.1. The molecule has 0 spiro atoms. The summed E-state index contributed by atoms with van der Waals surface area (Å²) in [6, 6.07) is 9.40. The summed E-state index contributed by atoms with van der Waals surface area (Å²) < 4.78 is 5.55. The summed E-state index contributed by atoms with van der Waals surface area (Å²) in [5.74, 6) is 1.50. The van der Waals surface area contributed by atoms with Crippen molar-refractivity contribution < 1.29 is 9.21 Å². The Bertz CT molecular complexity index is 631. The number of benzene rings is 1. The third kappa shape index (κ3) is 3.66. The van der Waals surface area contributed by atoms with E-state index in [1.54, 1.807) is 0 Å². The van der Waals surface area contributed by atoms with Crippen LogP contribution in [0.1, 0.15) is 47.3 Å². The van der Waals surface area contributed by atoms with Gasteiger partial charge in [0.1, 0.15) is 11.5 Å². The van der Waals surface area contributed by atoms with Gasteiger partial charge in [0.2, 0.25) is 0 Å². The second kappa shape index (κ2) is 6.48. The van der Waals surface area contributed by atoms with Gasteiger partial charge in [-0.3, -0.25) is 4.79 Å². The van der Waals surface area contributed by atoms with Gasteiger partial charge in [-0.2, -0.15) is 0 Å². The summed E-state index contributed by atoms with van der Waals surface area (Å²) in [5, 5.41) is 6.20. The van der Waals surface area contributed by atoms with Crippen LogP contribution in [0.5, 0.6) is 0 Å². The number of aryl methyl sites for hydroxylation is 2. The molecule has 0 aliphatic rings. The maximum atomic E-state index is 12.4. The van der Waals surface area contributed by atoms with Crippen molar-refractivity contribution in [3.05, 3.63) is 53.0 Å². The number of anilines is 1. The van der Waals surface area contributed by atoms with Crippen molar-refractivity contribution in [1.29, 1.82) is 0 Å². The molecule has 112 valence electrons. The molecule has 1 aromatic heterocycles. The number of amides is 1. The number of furan rings is 1. The van der Waals surface area contributed by atoms with Gasteiger partial charge in [0.25, 0.3) is 5.91 Å². The number of rotatable bonds is 5. The number of nitrogens with one attached hydrogen (secondary N) is 2. The summed E-state index contributed by atoms with van der Waals surface area (Å²) in [5.41, 5.74) is 2.63. The van der Waals surface area contributed by atoms with Gasteiger partial charge in [0, 0.05) is 12.2 Å². The highest BCUT2D eigenvalue weighted by atomic mass is 16.3. The maximum absolute atomic E-state index is 12.4. The van der Waals surface area contributed by atoms with E-state index in [1.165, 1.54) is 0 Å². The molecule has 4 nitrogen and oxygen atoms in total. The van der Waals surface area contributed by atoms with Gasteiger partial charge in [-0.15, -0.1) is 0 Å². The van der Waals surface area contributed by atoms with Gasteiger partial charge in [-0.05, 0) is 57.5 Å². The number of carbonyl (C=O) groups is 1. The molecule has 0 aliphatic heterocycles. The van der Waals surface area contributed by atoms with E-state index in [0.717, 1.165) is 29.3 Å². The van der Waals surface area contributed by atoms with E-state index in [9.17, 15) is 4.79 Å². The van der Waals surface area contributed by atoms with Gasteiger partial charge in [0.05, 0.1) is 11.6 Å². The molecule has 1 aromatic carbocycles. The summed E-state index contributed by atoms with van der Waals surface area (Å²) in [6.45, 7) is 8.60. The zero-order valence-corrected chi connectivity index (χ0v) is 13.0. The first-order valence-corrected chi connectivity index (χ1v) is 7.23. The second-order valence-electron chi connectivity index (χ2n) is 5.22. The monoisotopic (exact) mass is 286 g/mol. The molecule has 1 unspecified atom stereocenters. The lowest BCUT2D eigenvalue weighted by molar-refractivity contribution is 0.0936. The minimum atomic E-state index is -0.165. The minimum absolute atomic E-state index is 0.104. The van der Waals surface area contributed by atoms with E-state index in [4.69, 9.17) is 4.42 Å². The summed E-state index contributed by atoms with van der Waals surface area (Å²) in [7, 11) is 0. The van der Waals surface area contributed by atoms with Gasteiger partial charge in [-0.25, -0.2) is 0 Å². The van der Waals surface area contributed by atoms with E-state index >= 15 is 0 Å². The molecule has 1 heterocycles. The third-order valence-electron chi connectivity index (χ3n) is 3.32. The SMILES string of the molecule is CCNc1cc(C)ccc1C(=O)NC(C)c1ccc(C)o1. The van der Waals surface area contributed by atoms with Crippen molar-refractivity contribution in [3.8, 4) is 0 Å². The van der Waals surface area contributed by atoms with Crippen LogP contribution in [0.2, 0.25) is 0 Å². The molecule has 1 amide bonds. The first-order chi connectivity index (χ1) is 10.0. The molecule has 0 bridgehead atoms. The predicted molar refractivity (Wildman–Crippen MR) is 84.7 cm³/mol. The fraction of sp³-hybridized carbons (Fsp3) is 0.353. The Balaban J connectivity index is 2.16. The average Bonchev–Trinajstić information content (AvgIpc) is 2.86. The van der Waals surface area contributed by atoms with Crippen LogP contribution in [-0.4, -0.2) is 12.5 Å². The topological polar surface area (TPSA) is 54.3 Å². The molecule has 2 rings (SSSR count). The molecule has 0 radical (unpaired) electrons. The van der Waals surface area contributed by atoms with Crippen molar-refractivity contribution in [2.45, 2.75) is 33.7 Å². The number of hydrogen-bond acceptors (Lipinski definition) is 3. The molecule has 1 atom stereocenters. The highest BCUT2D eigenvalue weighted by Crippen LogP contribution is 2.20. The summed E-state index contributed by atoms with van der Waals surface area (Å²) >= 11 is 0. The normalized spacial score (nSPS) is 12.0. The first kappa shape index (κ1) is 15.2. The van der Waals surface area contributed by atoms with Crippen molar-refractivity contribution in [1.82, 2.24) is 5.32 Å². The highest BCUT2D eigenvalue weighted by Gasteiger charge is 2.16. The van der Waals surface area contributed by atoms with Crippen LogP contribution in [0, 0.1) is 13.8 Å². The summed E-state index contributed by atoms with van der Waals surface area (Å²) in [6.07, 6.45) is 0. The quantitative estimate of drug-likeness (QED) is 0.878. The highest BCUT2D eigenvalue weighted by molar-refractivity contribution is 5.99. The standard InChI is InChI=1S/C17H22N2O2/c1-5-18-15-10-11(2)6-8-14(15)17(20)19-13(4)16-9-7-12(3)21-16/h6-10,13,18H,5H2,1-4H3,(H,19,20).